The van der Waals surface area contributed by atoms with Crippen molar-refractivity contribution in [2.45, 2.75) is 83.6 Å². The number of hydrogen-bond donors (Lipinski definition) is 3. The Morgan fingerprint density at radius 2 is 2.12 bits per heavy atom. The van der Waals surface area contributed by atoms with Crippen molar-refractivity contribution in [1.29, 1.82) is 0 Å². The molecule has 1 aliphatic carbocycles. The first-order valence-electron chi connectivity index (χ1n) is 12.2. The Kier molecular flexibility index (Phi) is 5.93. The molecular weight excluding hydrogens is 430 g/mol. The number of rotatable bonds is 7. The van der Waals surface area contributed by atoms with E-state index in [1.807, 2.05) is 13.1 Å². The van der Waals surface area contributed by atoms with Crippen LogP contribution in [0.4, 0.5) is 5.82 Å². The van der Waals surface area contributed by atoms with Gasteiger partial charge in [0.05, 0.1) is 12.1 Å². The summed E-state index contributed by atoms with van der Waals surface area (Å²) < 4.78 is 8.19. The van der Waals surface area contributed by atoms with Crippen molar-refractivity contribution in [2.75, 3.05) is 11.9 Å². The highest BCUT2D eigenvalue weighted by molar-refractivity contribution is 5.61. The maximum absolute atomic E-state index is 10.9. The highest BCUT2D eigenvalue weighted by Crippen LogP contribution is 2.48. The number of anilines is 1. The van der Waals surface area contributed by atoms with Crippen LogP contribution in [0.25, 0.3) is 5.65 Å². The van der Waals surface area contributed by atoms with Gasteiger partial charge >= 0.3 is 0 Å². The first-order chi connectivity index (χ1) is 16.2. The average molecular weight is 466 g/mol. The van der Waals surface area contributed by atoms with Gasteiger partial charge in [0.1, 0.15) is 11.9 Å². The van der Waals surface area contributed by atoms with E-state index >= 15 is 0 Å². The highest BCUT2D eigenvalue weighted by Gasteiger charge is 2.46. The number of hydrogen-bond acceptors (Lipinski definition) is 8. The lowest BCUT2D eigenvalue weighted by atomic mass is 9.73. The van der Waals surface area contributed by atoms with Gasteiger partial charge in [0.15, 0.2) is 5.82 Å². The first-order valence-corrected chi connectivity index (χ1v) is 12.2. The molecule has 9 heteroatoms. The molecule has 0 radical (unpaired) electrons. The molecule has 182 valence electrons. The molecule has 1 fully saturated rings. The summed E-state index contributed by atoms with van der Waals surface area (Å²) in [5.41, 5.74) is 3.02. The first kappa shape index (κ1) is 23.0. The van der Waals surface area contributed by atoms with Gasteiger partial charge in [-0.3, -0.25) is 4.40 Å². The number of aliphatic hydroxyl groups is 1. The van der Waals surface area contributed by atoms with E-state index in [1.54, 1.807) is 23.1 Å². The third-order valence-electron chi connectivity index (χ3n) is 6.93. The molecule has 3 aromatic rings. The zero-order valence-corrected chi connectivity index (χ0v) is 20.5. The molecule has 3 aromatic heterocycles. The minimum Gasteiger partial charge on any atom is -0.471 e. The molecule has 0 saturated heterocycles. The van der Waals surface area contributed by atoms with E-state index < -0.39 is 6.10 Å². The van der Waals surface area contributed by atoms with Crippen molar-refractivity contribution in [2.24, 2.45) is 5.41 Å². The quantitative estimate of drug-likeness (QED) is 0.488. The standard InChI is InChI=1S/C25H35N7O2/c1-16(30-21-22-31-29-15-32(22)9-8-26-21)20(33)14-27-19-12-25(6-5-7-25)34-23-18(19)10-17(13-28-23)11-24(2,3)4/h8-10,13,15-16,19-20,27,33H,5-7,11-12,14H2,1-4H3,(H,26,30)/t16?,19-,20?/m0/s1. The molecule has 3 atom stereocenters. The molecule has 0 aromatic carbocycles. The summed E-state index contributed by atoms with van der Waals surface area (Å²) in [7, 11) is 0. The van der Waals surface area contributed by atoms with Crippen molar-refractivity contribution in [3.63, 3.8) is 0 Å². The Hall–Kier alpha value is -2.78. The van der Waals surface area contributed by atoms with E-state index in [0.29, 0.717) is 18.0 Å². The van der Waals surface area contributed by atoms with Crippen LogP contribution in [-0.4, -0.2) is 54.0 Å². The molecule has 2 unspecified atom stereocenters. The van der Waals surface area contributed by atoms with E-state index in [0.717, 1.165) is 37.1 Å². The smallest absolute Gasteiger partial charge is 0.218 e. The average Bonchev–Trinajstić information content (AvgIpc) is 3.25. The third kappa shape index (κ3) is 4.72. The normalized spacial score (nSPS) is 20.9. The Labute approximate surface area is 200 Å². The minimum absolute atomic E-state index is 0.0939. The Morgan fingerprint density at radius 3 is 2.85 bits per heavy atom. The second kappa shape index (κ2) is 8.78. The number of fused-ring (bicyclic) bond motifs is 2. The number of aliphatic hydroxyl groups excluding tert-OH is 1. The Balaban J connectivity index is 1.29. The molecule has 2 aliphatic rings. The van der Waals surface area contributed by atoms with Crippen LogP contribution in [-0.2, 0) is 6.42 Å². The van der Waals surface area contributed by atoms with Crippen LogP contribution in [0.5, 0.6) is 5.88 Å². The molecule has 3 N–H and O–H groups in total. The van der Waals surface area contributed by atoms with E-state index in [2.05, 4.69) is 52.7 Å². The summed E-state index contributed by atoms with van der Waals surface area (Å²) in [5, 5.41) is 25.9. The van der Waals surface area contributed by atoms with Crippen molar-refractivity contribution >= 4 is 11.5 Å². The summed E-state index contributed by atoms with van der Waals surface area (Å²) in [5.74, 6) is 1.34. The van der Waals surface area contributed by atoms with Crippen LogP contribution in [0.3, 0.4) is 0 Å². The number of ether oxygens (including phenoxy) is 1. The lowest BCUT2D eigenvalue weighted by Crippen LogP contribution is -2.50. The second-order valence-electron chi connectivity index (χ2n) is 11.1. The fourth-order valence-corrected chi connectivity index (χ4v) is 4.96. The van der Waals surface area contributed by atoms with Crippen LogP contribution < -0.4 is 15.4 Å². The number of nitrogens with zero attached hydrogens (tertiary/aromatic N) is 5. The van der Waals surface area contributed by atoms with E-state index in [1.165, 1.54) is 12.0 Å². The molecule has 1 saturated carbocycles. The Bertz CT molecular complexity index is 1150. The van der Waals surface area contributed by atoms with Crippen LogP contribution in [0.2, 0.25) is 0 Å². The van der Waals surface area contributed by atoms with Gasteiger partial charge in [-0.2, -0.15) is 0 Å². The van der Waals surface area contributed by atoms with Gasteiger partial charge in [-0.15, -0.1) is 10.2 Å². The fourth-order valence-electron chi connectivity index (χ4n) is 4.96. The van der Waals surface area contributed by atoms with Gasteiger partial charge in [0.25, 0.3) is 0 Å². The van der Waals surface area contributed by atoms with Crippen LogP contribution in [0.1, 0.15) is 70.5 Å². The van der Waals surface area contributed by atoms with Gasteiger partial charge in [-0.25, -0.2) is 9.97 Å². The summed E-state index contributed by atoms with van der Waals surface area (Å²) >= 11 is 0. The molecule has 4 heterocycles. The van der Waals surface area contributed by atoms with E-state index in [4.69, 9.17) is 9.72 Å². The number of nitrogens with one attached hydrogen (secondary N) is 2. The lowest BCUT2D eigenvalue weighted by Gasteiger charge is -2.47. The van der Waals surface area contributed by atoms with Crippen LogP contribution >= 0.6 is 0 Å². The zero-order chi connectivity index (χ0) is 23.9. The zero-order valence-electron chi connectivity index (χ0n) is 20.5. The van der Waals surface area contributed by atoms with E-state index in [9.17, 15) is 5.11 Å². The molecule has 1 spiro atoms. The fraction of sp³-hybridized carbons (Fsp3) is 0.600. The highest BCUT2D eigenvalue weighted by atomic mass is 16.5. The second-order valence-corrected chi connectivity index (χ2v) is 11.1. The van der Waals surface area contributed by atoms with Gasteiger partial charge in [0.2, 0.25) is 11.5 Å². The van der Waals surface area contributed by atoms with E-state index in [-0.39, 0.29) is 23.1 Å². The maximum atomic E-state index is 10.9. The Morgan fingerprint density at radius 1 is 1.29 bits per heavy atom. The topological polar surface area (TPSA) is 109 Å². The maximum Gasteiger partial charge on any atom is 0.218 e. The summed E-state index contributed by atoms with van der Waals surface area (Å²) in [6.07, 6.45) is 11.6. The molecule has 0 bridgehead atoms. The number of pyridine rings is 1. The molecule has 34 heavy (non-hydrogen) atoms. The van der Waals surface area contributed by atoms with Crippen molar-refractivity contribution in [1.82, 2.24) is 29.9 Å². The van der Waals surface area contributed by atoms with Crippen LogP contribution in [0, 0.1) is 5.41 Å². The number of aromatic nitrogens is 5. The molecule has 9 nitrogen and oxygen atoms in total. The van der Waals surface area contributed by atoms with Gasteiger partial charge < -0.3 is 20.5 Å². The lowest BCUT2D eigenvalue weighted by molar-refractivity contribution is -0.0419. The third-order valence-corrected chi connectivity index (χ3v) is 6.93. The summed E-state index contributed by atoms with van der Waals surface area (Å²) in [6.45, 7) is 9.10. The van der Waals surface area contributed by atoms with Crippen molar-refractivity contribution < 1.29 is 9.84 Å². The minimum atomic E-state index is -0.626. The molecule has 0 amide bonds. The van der Waals surface area contributed by atoms with Crippen LogP contribution in [0.15, 0.2) is 31.0 Å². The van der Waals surface area contributed by atoms with Gasteiger partial charge in [0, 0.05) is 43.2 Å². The molecule has 1 aliphatic heterocycles. The molecule has 5 rings (SSSR count). The van der Waals surface area contributed by atoms with Gasteiger partial charge in [-0.1, -0.05) is 20.8 Å². The van der Waals surface area contributed by atoms with Crippen molar-refractivity contribution in [3.05, 3.63) is 42.1 Å². The van der Waals surface area contributed by atoms with Gasteiger partial charge in [-0.05, 0) is 49.7 Å². The summed E-state index contributed by atoms with van der Waals surface area (Å²) in [4.78, 5) is 9.08. The monoisotopic (exact) mass is 465 g/mol. The molecular formula is C25H35N7O2. The largest absolute Gasteiger partial charge is 0.471 e. The SMILES string of the molecule is CC(Nc1nccn2cnnc12)C(O)CN[C@H]1CC2(CCC2)Oc2ncc(CC(C)(C)C)cc21. The van der Waals surface area contributed by atoms with Crippen molar-refractivity contribution in [3.8, 4) is 5.88 Å². The predicted octanol–water partition coefficient (Wildman–Crippen LogP) is 3.31. The predicted molar refractivity (Wildman–Crippen MR) is 130 cm³/mol. The summed E-state index contributed by atoms with van der Waals surface area (Å²) in [6, 6.07) is 2.10.